The Morgan fingerprint density at radius 3 is 2.86 bits per heavy atom. The van der Waals surface area contributed by atoms with Crippen LogP contribution < -0.4 is 0 Å². The molecule has 2 aliphatic rings. The summed E-state index contributed by atoms with van der Waals surface area (Å²) in [5.41, 5.74) is 0.895. The van der Waals surface area contributed by atoms with E-state index in [1.54, 1.807) is 24.3 Å². The highest BCUT2D eigenvalue weighted by molar-refractivity contribution is 8.18. The van der Waals surface area contributed by atoms with Gasteiger partial charge >= 0.3 is 0 Å². The van der Waals surface area contributed by atoms with Gasteiger partial charge in [0.05, 0.1) is 4.91 Å². The van der Waals surface area contributed by atoms with Crippen LogP contribution in [0.2, 0.25) is 0 Å². The number of hydrogen-bond donors (Lipinski definition) is 1. The standard InChI is InChI=1S/C16H18N2O2S/c1-11-3-2-8-18(10-11)16-17-15(20)14(21-16)9-12-4-6-13(19)7-5-12/h4-7,9,11,19H,2-3,8,10H2,1H3/b14-9+/t11-/m0/s1. The van der Waals surface area contributed by atoms with Crippen molar-refractivity contribution in [2.45, 2.75) is 19.8 Å². The molecule has 0 spiro atoms. The molecule has 1 atom stereocenters. The Balaban J connectivity index is 1.73. The fraction of sp³-hybridized carbons (Fsp3) is 0.375. The quantitative estimate of drug-likeness (QED) is 0.810. The van der Waals surface area contributed by atoms with Gasteiger partial charge in [0.25, 0.3) is 5.91 Å². The summed E-state index contributed by atoms with van der Waals surface area (Å²) in [6, 6.07) is 6.81. The average molecular weight is 302 g/mol. The van der Waals surface area contributed by atoms with Crippen LogP contribution in [0, 0.1) is 5.92 Å². The number of hydrogen-bond acceptors (Lipinski definition) is 4. The van der Waals surface area contributed by atoms with Gasteiger partial charge in [0.15, 0.2) is 5.17 Å². The normalized spacial score (nSPS) is 24.5. The molecule has 110 valence electrons. The van der Waals surface area contributed by atoms with Crippen molar-refractivity contribution in [3.8, 4) is 5.75 Å². The van der Waals surface area contributed by atoms with E-state index in [0.29, 0.717) is 10.8 Å². The molecule has 0 aliphatic carbocycles. The van der Waals surface area contributed by atoms with Crippen molar-refractivity contribution < 1.29 is 9.90 Å². The van der Waals surface area contributed by atoms with Gasteiger partial charge in [-0.2, -0.15) is 4.99 Å². The zero-order chi connectivity index (χ0) is 14.8. The SMILES string of the molecule is C[C@H]1CCCN(C2=NC(=O)/C(=C\c3ccc(O)cc3)S2)C1. The Morgan fingerprint density at radius 1 is 1.38 bits per heavy atom. The van der Waals surface area contributed by atoms with E-state index < -0.39 is 0 Å². The van der Waals surface area contributed by atoms with Gasteiger partial charge in [0.1, 0.15) is 5.75 Å². The van der Waals surface area contributed by atoms with Crippen LogP contribution >= 0.6 is 11.8 Å². The van der Waals surface area contributed by atoms with E-state index in [-0.39, 0.29) is 11.7 Å². The smallest absolute Gasteiger partial charge is 0.286 e. The summed E-state index contributed by atoms with van der Waals surface area (Å²) in [6.07, 6.45) is 4.24. The van der Waals surface area contributed by atoms with Crippen LogP contribution in [0.1, 0.15) is 25.3 Å². The molecule has 1 N–H and O–H groups in total. The first-order valence-electron chi connectivity index (χ1n) is 7.18. The summed E-state index contributed by atoms with van der Waals surface area (Å²) >= 11 is 1.45. The molecule has 4 nitrogen and oxygen atoms in total. The van der Waals surface area contributed by atoms with Crippen LogP contribution in [0.3, 0.4) is 0 Å². The second-order valence-electron chi connectivity index (χ2n) is 5.60. The third-order valence-electron chi connectivity index (χ3n) is 3.73. The first-order chi connectivity index (χ1) is 10.1. The highest BCUT2D eigenvalue weighted by Crippen LogP contribution is 2.32. The molecular formula is C16H18N2O2S. The molecule has 0 unspecified atom stereocenters. The van der Waals surface area contributed by atoms with E-state index in [0.717, 1.165) is 30.2 Å². The lowest BCUT2D eigenvalue weighted by atomic mass is 10.0. The zero-order valence-electron chi connectivity index (χ0n) is 12.0. The van der Waals surface area contributed by atoms with Crippen molar-refractivity contribution in [2.75, 3.05) is 13.1 Å². The van der Waals surface area contributed by atoms with Crippen LogP contribution in [0.5, 0.6) is 5.75 Å². The molecule has 0 saturated carbocycles. The highest BCUT2D eigenvalue weighted by atomic mass is 32.2. The van der Waals surface area contributed by atoms with Crippen molar-refractivity contribution in [2.24, 2.45) is 10.9 Å². The molecule has 21 heavy (non-hydrogen) atoms. The molecular weight excluding hydrogens is 284 g/mol. The van der Waals surface area contributed by atoms with E-state index in [1.165, 1.54) is 18.2 Å². The van der Waals surface area contributed by atoms with E-state index >= 15 is 0 Å². The van der Waals surface area contributed by atoms with Crippen LogP contribution in [-0.4, -0.2) is 34.2 Å². The minimum atomic E-state index is -0.165. The van der Waals surface area contributed by atoms with Crippen LogP contribution in [0.25, 0.3) is 6.08 Å². The molecule has 1 aromatic carbocycles. The largest absolute Gasteiger partial charge is 0.508 e. The number of carbonyl (C=O) groups excluding carboxylic acids is 1. The lowest BCUT2D eigenvalue weighted by Crippen LogP contribution is -2.37. The monoisotopic (exact) mass is 302 g/mol. The number of carbonyl (C=O) groups is 1. The summed E-state index contributed by atoms with van der Waals surface area (Å²) in [4.78, 5) is 19.1. The topological polar surface area (TPSA) is 52.9 Å². The number of phenolic OH excluding ortho intramolecular Hbond substituents is 1. The first kappa shape index (κ1) is 14.2. The van der Waals surface area contributed by atoms with E-state index in [1.807, 2.05) is 6.08 Å². The van der Waals surface area contributed by atoms with Crippen molar-refractivity contribution in [3.05, 3.63) is 34.7 Å². The molecule has 1 aromatic rings. The fourth-order valence-electron chi connectivity index (χ4n) is 2.62. The van der Waals surface area contributed by atoms with Crippen LogP contribution in [-0.2, 0) is 4.79 Å². The third kappa shape index (κ3) is 3.29. The van der Waals surface area contributed by atoms with Gasteiger partial charge in [-0.3, -0.25) is 4.79 Å². The Hall–Kier alpha value is -1.75. The molecule has 2 aliphatic heterocycles. The van der Waals surface area contributed by atoms with Crippen molar-refractivity contribution >= 4 is 28.9 Å². The Bertz CT molecular complexity index is 607. The Morgan fingerprint density at radius 2 is 2.14 bits per heavy atom. The van der Waals surface area contributed by atoms with E-state index in [4.69, 9.17) is 0 Å². The number of piperidine rings is 1. The molecule has 1 saturated heterocycles. The Labute approximate surface area is 128 Å². The van der Waals surface area contributed by atoms with Crippen molar-refractivity contribution in [1.29, 1.82) is 0 Å². The van der Waals surface area contributed by atoms with Gasteiger partial charge in [-0.1, -0.05) is 19.1 Å². The van der Waals surface area contributed by atoms with Gasteiger partial charge in [0, 0.05) is 13.1 Å². The third-order valence-corrected chi connectivity index (χ3v) is 4.77. The number of aliphatic imine (C=N–C) groups is 1. The average Bonchev–Trinajstić information content (AvgIpc) is 2.83. The van der Waals surface area contributed by atoms with Crippen molar-refractivity contribution in [3.63, 3.8) is 0 Å². The minimum Gasteiger partial charge on any atom is -0.508 e. The minimum absolute atomic E-state index is 0.165. The number of likely N-dealkylation sites (tertiary alicyclic amines) is 1. The maximum absolute atomic E-state index is 12.0. The summed E-state index contributed by atoms with van der Waals surface area (Å²) in [5.74, 6) is 0.713. The highest BCUT2D eigenvalue weighted by Gasteiger charge is 2.28. The second kappa shape index (κ2) is 5.93. The molecule has 0 radical (unpaired) electrons. The summed E-state index contributed by atoms with van der Waals surface area (Å²) in [7, 11) is 0. The van der Waals surface area contributed by atoms with E-state index in [2.05, 4.69) is 16.8 Å². The molecule has 2 heterocycles. The summed E-state index contributed by atoms with van der Waals surface area (Å²) < 4.78 is 0. The van der Waals surface area contributed by atoms with Crippen LogP contribution in [0.4, 0.5) is 0 Å². The fourth-order valence-corrected chi connectivity index (χ4v) is 3.57. The number of nitrogens with zero attached hydrogens (tertiary/aromatic N) is 2. The molecule has 0 aromatic heterocycles. The molecule has 0 bridgehead atoms. The number of amides is 1. The lowest BCUT2D eigenvalue weighted by molar-refractivity contribution is -0.113. The van der Waals surface area contributed by atoms with Gasteiger partial charge in [-0.05, 0) is 54.3 Å². The summed E-state index contributed by atoms with van der Waals surface area (Å²) in [6.45, 7) is 4.20. The number of aromatic hydroxyl groups is 1. The zero-order valence-corrected chi connectivity index (χ0v) is 12.8. The van der Waals surface area contributed by atoms with Gasteiger partial charge in [-0.25, -0.2) is 0 Å². The second-order valence-corrected chi connectivity index (χ2v) is 6.60. The maximum Gasteiger partial charge on any atom is 0.286 e. The van der Waals surface area contributed by atoms with Gasteiger partial charge in [-0.15, -0.1) is 0 Å². The number of benzene rings is 1. The maximum atomic E-state index is 12.0. The van der Waals surface area contributed by atoms with E-state index in [9.17, 15) is 9.90 Å². The first-order valence-corrected chi connectivity index (χ1v) is 8.00. The number of thioether (sulfide) groups is 1. The number of phenols is 1. The number of amidine groups is 1. The molecule has 1 fully saturated rings. The predicted octanol–water partition coefficient (Wildman–Crippen LogP) is 3.09. The number of rotatable bonds is 1. The predicted molar refractivity (Wildman–Crippen MR) is 86.1 cm³/mol. The van der Waals surface area contributed by atoms with Crippen molar-refractivity contribution in [1.82, 2.24) is 4.90 Å². The van der Waals surface area contributed by atoms with Gasteiger partial charge < -0.3 is 10.0 Å². The Kier molecular flexibility index (Phi) is 4.01. The summed E-state index contributed by atoms with van der Waals surface area (Å²) in [5, 5.41) is 10.1. The molecule has 1 amide bonds. The molecule has 5 heteroatoms. The lowest BCUT2D eigenvalue weighted by Gasteiger charge is -2.31. The molecule has 3 rings (SSSR count). The van der Waals surface area contributed by atoms with Gasteiger partial charge in [0.2, 0.25) is 0 Å². The van der Waals surface area contributed by atoms with Crippen LogP contribution in [0.15, 0.2) is 34.2 Å².